The van der Waals surface area contributed by atoms with E-state index in [1.54, 1.807) is 25.5 Å². The lowest BCUT2D eigenvalue weighted by Crippen LogP contribution is -2.20. The van der Waals surface area contributed by atoms with Gasteiger partial charge in [0.15, 0.2) is 0 Å². The lowest BCUT2D eigenvalue weighted by atomic mass is 10.1. The molecule has 26 heavy (non-hydrogen) atoms. The van der Waals surface area contributed by atoms with E-state index in [9.17, 15) is 4.79 Å². The van der Waals surface area contributed by atoms with Gasteiger partial charge in [0.1, 0.15) is 5.82 Å². The predicted octanol–water partition coefficient (Wildman–Crippen LogP) is 2.86. The van der Waals surface area contributed by atoms with Crippen LogP contribution in [0.3, 0.4) is 0 Å². The summed E-state index contributed by atoms with van der Waals surface area (Å²) in [6, 6.07) is 15.0. The highest BCUT2D eigenvalue weighted by Gasteiger charge is 2.10. The van der Waals surface area contributed by atoms with Crippen molar-refractivity contribution in [1.82, 2.24) is 9.99 Å². The molecule has 6 nitrogen and oxygen atoms in total. The average molecular weight is 347 g/mol. The summed E-state index contributed by atoms with van der Waals surface area (Å²) in [5.74, 6) is 5.91. The maximum atomic E-state index is 12.5. The Kier molecular flexibility index (Phi) is 4.86. The Morgan fingerprint density at radius 1 is 1.15 bits per heavy atom. The van der Waals surface area contributed by atoms with Gasteiger partial charge in [-0.25, -0.2) is 10.8 Å². The second-order valence-corrected chi connectivity index (χ2v) is 6.15. The largest absolute Gasteiger partial charge is 0.397 e. The minimum Gasteiger partial charge on any atom is -0.397 e. The third kappa shape index (κ3) is 3.81. The summed E-state index contributed by atoms with van der Waals surface area (Å²) in [5.41, 5.74) is 8.99. The number of carbonyl (C=O) groups is 1. The Morgan fingerprint density at radius 2 is 1.92 bits per heavy atom. The molecule has 1 aromatic heterocycles. The topological polar surface area (TPSA) is 97.3 Å². The summed E-state index contributed by atoms with van der Waals surface area (Å²) in [5, 5.41) is 6.13. The monoisotopic (exact) mass is 347 g/mol. The molecular formula is C20H21N5O. The number of anilines is 1. The number of hydrogen-bond acceptors (Lipinski definition) is 5. The third-order valence-electron chi connectivity index (χ3n) is 4.03. The molecule has 6 heteroatoms. The minimum atomic E-state index is -0.185. The smallest absolute Gasteiger partial charge is 0.257 e. The van der Waals surface area contributed by atoms with Crippen molar-refractivity contribution >= 4 is 28.2 Å². The number of hydrogen-bond donors (Lipinski definition) is 3. The van der Waals surface area contributed by atoms with Crippen molar-refractivity contribution in [2.45, 2.75) is 6.92 Å². The molecule has 0 unspecified atom stereocenters. The van der Waals surface area contributed by atoms with E-state index in [2.05, 4.69) is 10.3 Å². The summed E-state index contributed by atoms with van der Waals surface area (Å²) in [4.78, 5) is 16.8. The van der Waals surface area contributed by atoms with Crippen LogP contribution >= 0.6 is 0 Å². The number of benzene rings is 2. The Morgan fingerprint density at radius 3 is 2.65 bits per heavy atom. The number of nitrogens with one attached hydrogen (secondary N) is 1. The van der Waals surface area contributed by atoms with Crippen LogP contribution in [0.15, 0.2) is 60.9 Å². The van der Waals surface area contributed by atoms with E-state index < -0.39 is 0 Å². The Balaban J connectivity index is 1.91. The van der Waals surface area contributed by atoms with E-state index in [-0.39, 0.29) is 5.91 Å². The van der Waals surface area contributed by atoms with Gasteiger partial charge in [0.05, 0.1) is 5.70 Å². The first kappa shape index (κ1) is 17.4. The first-order chi connectivity index (χ1) is 12.4. The Labute approximate surface area is 152 Å². The van der Waals surface area contributed by atoms with Gasteiger partial charge in [-0.15, -0.1) is 0 Å². The Bertz CT molecular complexity index is 994. The van der Waals surface area contributed by atoms with Crippen LogP contribution in [-0.2, 0) is 0 Å². The van der Waals surface area contributed by atoms with Crippen molar-refractivity contribution in [2.75, 3.05) is 12.4 Å². The van der Waals surface area contributed by atoms with Gasteiger partial charge in [0.2, 0.25) is 0 Å². The second kappa shape index (κ2) is 7.25. The highest BCUT2D eigenvalue weighted by molar-refractivity contribution is 6.05. The van der Waals surface area contributed by atoms with Crippen LogP contribution < -0.4 is 16.9 Å². The van der Waals surface area contributed by atoms with Crippen molar-refractivity contribution in [3.63, 3.8) is 0 Å². The maximum Gasteiger partial charge on any atom is 0.257 e. The van der Waals surface area contributed by atoms with Gasteiger partial charge in [-0.05, 0) is 41.6 Å². The molecule has 0 fully saturated rings. The molecule has 0 saturated carbocycles. The summed E-state index contributed by atoms with van der Waals surface area (Å²) in [6.45, 7) is 1.90. The highest BCUT2D eigenvalue weighted by atomic mass is 16.1. The Hall–Kier alpha value is -3.38. The quantitative estimate of drug-likeness (QED) is 0.498. The van der Waals surface area contributed by atoms with E-state index in [4.69, 9.17) is 11.6 Å². The van der Waals surface area contributed by atoms with Crippen LogP contribution in [0.2, 0.25) is 0 Å². The van der Waals surface area contributed by atoms with Crippen molar-refractivity contribution in [1.29, 1.82) is 0 Å². The van der Waals surface area contributed by atoms with E-state index in [0.717, 1.165) is 21.9 Å². The van der Waals surface area contributed by atoms with Crippen LogP contribution in [0.1, 0.15) is 21.5 Å². The molecule has 1 heterocycles. The number of nitrogens with zero attached hydrogens (tertiary/aromatic N) is 2. The first-order valence-electron chi connectivity index (χ1n) is 8.16. The number of fused-ring (bicyclic) bond motifs is 1. The van der Waals surface area contributed by atoms with E-state index in [1.165, 1.54) is 5.01 Å². The van der Waals surface area contributed by atoms with Crippen molar-refractivity contribution < 1.29 is 4.79 Å². The molecule has 0 aliphatic carbocycles. The zero-order chi connectivity index (χ0) is 18.7. The van der Waals surface area contributed by atoms with Crippen LogP contribution in [0.25, 0.3) is 16.5 Å². The molecule has 0 atom stereocenters. The van der Waals surface area contributed by atoms with Crippen LogP contribution in [0.5, 0.6) is 0 Å². The fourth-order valence-corrected chi connectivity index (χ4v) is 2.69. The molecule has 0 bridgehead atoms. The fraction of sp³-hybridized carbons (Fsp3) is 0.100. The number of amides is 1. The average Bonchev–Trinajstić information content (AvgIpc) is 2.60. The van der Waals surface area contributed by atoms with Crippen molar-refractivity contribution in [2.24, 2.45) is 11.6 Å². The number of rotatable bonds is 4. The number of hydrazine groups is 1. The lowest BCUT2D eigenvalue weighted by molar-refractivity contribution is 0.102. The molecular weight excluding hydrogens is 326 g/mol. The highest BCUT2D eigenvalue weighted by Crippen LogP contribution is 2.21. The molecule has 132 valence electrons. The number of pyridine rings is 1. The first-order valence-corrected chi connectivity index (χ1v) is 8.16. The standard InChI is InChI=1S/C20H21N5O/c1-13-5-3-4-6-17(13)20(26)24-19-10-16-9-14(18(21)12-25(2)22)7-8-15(16)11-23-19/h3-12H,21-22H2,1-2H3,(H,23,24,26)/b18-12-. The molecule has 0 spiro atoms. The fourth-order valence-electron chi connectivity index (χ4n) is 2.69. The molecule has 1 amide bonds. The summed E-state index contributed by atoms with van der Waals surface area (Å²) >= 11 is 0. The van der Waals surface area contributed by atoms with Gasteiger partial charge in [0.25, 0.3) is 5.91 Å². The SMILES string of the molecule is Cc1ccccc1C(=O)Nc1cc2cc(/C(N)=C/N(C)N)ccc2cn1. The summed E-state index contributed by atoms with van der Waals surface area (Å²) in [7, 11) is 1.71. The van der Waals surface area contributed by atoms with Gasteiger partial charge in [-0.3, -0.25) is 4.79 Å². The number of carbonyl (C=O) groups excluding carboxylic acids is 1. The molecule has 0 aliphatic heterocycles. The number of aromatic nitrogens is 1. The third-order valence-corrected chi connectivity index (χ3v) is 4.03. The van der Waals surface area contributed by atoms with E-state index in [0.29, 0.717) is 17.1 Å². The molecule has 3 aromatic rings. The van der Waals surface area contributed by atoms with E-state index in [1.807, 2.05) is 49.4 Å². The van der Waals surface area contributed by atoms with Crippen molar-refractivity contribution in [3.8, 4) is 0 Å². The molecule has 0 saturated heterocycles. The normalized spacial score (nSPS) is 11.4. The summed E-state index contributed by atoms with van der Waals surface area (Å²) in [6.07, 6.45) is 3.37. The van der Waals surface area contributed by atoms with Crippen LogP contribution in [0.4, 0.5) is 5.82 Å². The van der Waals surface area contributed by atoms with Crippen LogP contribution in [0, 0.1) is 6.92 Å². The minimum absolute atomic E-state index is 0.185. The van der Waals surface area contributed by atoms with Gasteiger partial charge in [0, 0.05) is 30.4 Å². The summed E-state index contributed by atoms with van der Waals surface area (Å²) < 4.78 is 0. The maximum absolute atomic E-state index is 12.5. The zero-order valence-electron chi connectivity index (χ0n) is 14.7. The van der Waals surface area contributed by atoms with Gasteiger partial charge in [-0.1, -0.05) is 30.3 Å². The van der Waals surface area contributed by atoms with Crippen LogP contribution in [-0.4, -0.2) is 22.9 Å². The van der Waals surface area contributed by atoms with Gasteiger partial charge in [-0.2, -0.15) is 0 Å². The second-order valence-electron chi connectivity index (χ2n) is 6.15. The molecule has 2 aromatic carbocycles. The van der Waals surface area contributed by atoms with Gasteiger partial charge < -0.3 is 16.1 Å². The predicted molar refractivity (Wildman–Crippen MR) is 105 cm³/mol. The molecule has 5 N–H and O–H groups in total. The molecule has 3 rings (SSSR count). The molecule has 0 aliphatic rings. The lowest BCUT2D eigenvalue weighted by Gasteiger charge is -2.10. The van der Waals surface area contributed by atoms with Crippen molar-refractivity contribution in [3.05, 3.63) is 77.6 Å². The number of nitrogens with two attached hydrogens (primary N) is 2. The van der Waals surface area contributed by atoms with Gasteiger partial charge >= 0.3 is 0 Å². The van der Waals surface area contributed by atoms with E-state index >= 15 is 0 Å². The number of aryl methyl sites for hydroxylation is 1. The zero-order valence-corrected chi connectivity index (χ0v) is 14.7. The molecule has 0 radical (unpaired) electrons.